The molecule has 0 bridgehead atoms. The van der Waals surface area contributed by atoms with Crippen molar-refractivity contribution in [1.82, 2.24) is 9.97 Å². The maximum atomic E-state index is 12.2. The van der Waals surface area contributed by atoms with Gasteiger partial charge in [0.2, 0.25) is 0 Å². The van der Waals surface area contributed by atoms with Crippen LogP contribution in [0.1, 0.15) is 12.0 Å². The number of benzene rings is 2. The minimum absolute atomic E-state index is 0.0935. The van der Waals surface area contributed by atoms with E-state index in [9.17, 15) is 4.79 Å². The second-order valence-electron chi connectivity index (χ2n) is 5.30. The van der Waals surface area contributed by atoms with Crippen molar-refractivity contribution >= 4 is 16.6 Å². The highest BCUT2D eigenvalue weighted by atomic mass is 16.1. The highest BCUT2D eigenvalue weighted by molar-refractivity contribution is 5.83. The number of hydrogen-bond donors (Lipinski definition) is 2. The number of fused-ring (bicyclic) bond motifs is 2. The Balaban J connectivity index is 1.97. The van der Waals surface area contributed by atoms with E-state index in [1.807, 2.05) is 30.3 Å². The lowest BCUT2D eigenvalue weighted by Gasteiger charge is -2.20. The Bertz CT molecular complexity index is 883. The molecule has 0 amide bonds. The van der Waals surface area contributed by atoms with Crippen LogP contribution in [0.2, 0.25) is 0 Å². The van der Waals surface area contributed by atoms with E-state index in [1.54, 1.807) is 6.07 Å². The first-order valence-electron chi connectivity index (χ1n) is 7.18. The van der Waals surface area contributed by atoms with E-state index in [4.69, 9.17) is 0 Å². The summed E-state index contributed by atoms with van der Waals surface area (Å²) < 4.78 is 0. The third-order valence-electron chi connectivity index (χ3n) is 3.94. The Morgan fingerprint density at radius 2 is 1.95 bits per heavy atom. The van der Waals surface area contributed by atoms with Crippen molar-refractivity contribution in [3.8, 4) is 11.4 Å². The van der Waals surface area contributed by atoms with Crippen LogP contribution in [0.15, 0.2) is 47.3 Å². The van der Waals surface area contributed by atoms with Gasteiger partial charge in [-0.15, -0.1) is 0 Å². The summed E-state index contributed by atoms with van der Waals surface area (Å²) in [5.74, 6) is 0.630. The van der Waals surface area contributed by atoms with Crippen molar-refractivity contribution in [2.24, 2.45) is 0 Å². The first kappa shape index (κ1) is 12.1. The molecule has 4 rings (SSSR count). The SMILES string of the molecule is O=c1[nH]c(-c2cccc3c2NCCC3)nc2ccccc12. The maximum Gasteiger partial charge on any atom is 0.259 e. The zero-order chi connectivity index (χ0) is 14.2. The molecule has 2 heterocycles. The van der Waals surface area contributed by atoms with E-state index in [2.05, 4.69) is 21.4 Å². The lowest BCUT2D eigenvalue weighted by Crippen LogP contribution is -2.14. The van der Waals surface area contributed by atoms with Crippen LogP contribution in [0.25, 0.3) is 22.3 Å². The molecule has 0 radical (unpaired) electrons. The number of hydrogen-bond acceptors (Lipinski definition) is 3. The molecule has 21 heavy (non-hydrogen) atoms. The van der Waals surface area contributed by atoms with Crippen LogP contribution in [-0.2, 0) is 6.42 Å². The number of rotatable bonds is 1. The van der Waals surface area contributed by atoms with Crippen molar-refractivity contribution in [3.63, 3.8) is 0 Å². The quantitative estimate of drug-likeness (QED) is 0.719. The average Bonchev–Trinajstić information content (AvgIpc) is 2.54. The molecular weight excluding hydrogens is 262 g/mol. The van der Waals surface area contributed by atoms with Gasteiger partial charge in [0.25, 0.3) is 5.56 Å². The van der Waals surface area contributed by atoms with E-state index in [0.29, 0.717) is 11.2 Å². The Morgan fingerprint density at radius 1 is 1.05 bits per heavy atom. The van der Waals surface area contributed by atoms with Gasteiger partial charge in [0.15, 0.2) is 0 Å². The van der Waals surface area contributed by atoms with Crippen molar-refractivity contribution < 1.29 is 0 Å². The number of aromatic nitrogens is 2. The summed E-state index contributed by atoms with van der Waals surface area (Å²) in [6.07, 6.45) is 2.20. The molecule has 2 N–H and O–H groups in total. The molecule has 3 aromatic rings. The molecule has 0 unspecified atom stereocenters. The van der Waals surface area contributed by atoms with Crippen molar-refractivity contribution in [1.29, 1.82) is 0 Å². The minimum Gasteiger partial charge on any atom is -0.384 e. The van der Waals surface area contributed by atoms with Crippen LogP contribution in [0.5, 0.6) is 0 Å². The maximum absolute atomic E-state index is 12.2. The molecule has 0 saturated heterocycles. The Kier molecular flexibility index (Phi) is 2.74. The number of anilines is 1. The third-order valence-corrected chi connectivity index (χ3v) is 3.94. The highest BCUT2D eigenvalue weighted by Gasteiger charge is 2.15. The van der Waals surface area contributed by atoms with Crippen LogP contribution in [-0.4, -0.2) is 16.5 Å². The van der Waals surface area contributed by atoms with Crippen molar-refractivity contribution in [3.05, 3.63) is 58.4 Å². The van der Waals surface area contributed by atoms with Crippen LogP contribution >= 0.6 is 0 Å². The standard InChI is InChI=1S/C17H15N3O/c21-17-12-7-1-2-9-14(12)19-16(20-17)13-8-3-5-11-6-4-10-18-15(11)13/h1-3,5,7-9,18H,4,6,10H2,(H,19,20,21). The molecule has 0 aliphatic carbocycles. The summed E-state index contributed by atoms with van der Waals surface area (Å²) in [6.45, 7) is 0.960. The van der Waals surface area contributed by atoms with Crippen molar-refractivity contribution in [2.45, 2.75) is 12.8 Å². The molecule has 1 aliphatic rings. The number of nitrogens with zero attached hydrogens (tertiary/aromatic N) is 1. The van der Waals surface area contributed by atoms with Gasteiger partial charge in [-0.3, -0.25) is 4.79 Å². The molecule has 4 nitrogen and oxygen atoms in total. The molecule has 0 saturated carbocycles. The third kappa shape index (κ3) is 2.00. The average molecular weight is 277 g/mol. The smallest absolute Gasteiger partial charge is 0.259 e. The Hall–Kier alpha value is -2.62. The van der Waals surface area contributed by atoms with Gasteiger partial charge in [-0.2, -0.15) is 0 Å². The molecule has 104 valence electrons. The molecule has 0 spiro atoms. The topological polar surface area (TPSA) is 57.8 Å². The predicted octanol–water partition coefficient (Wildman–Crippen LogP) is 2.95. The zero-order valence-electron chi connectivity index (χ0n) is 11.5. The zero-order valence-corrected chi connectivity index (χ0v) is 11.5. The minimum atomic E-state index is -0.0935. The number of nitrogens with one attached hydrogen (secondary N) is 2. The first-order chi connectivity index (χ1) is 10.3. The Labute approximate surface area is 121 Å². The van der Waals surface area contributed by atoms with Gasteiger partial charge in [-0.1, -0.05) is 24.3 Å². The second-order valence-corrected chi connectivity index (χ2v) is 5.30. The lowest BCUT2D eigenvalue weighted by atomic mass is 9.99. The van der Waals surface area contributed by atoms with Crippen LogP contribution < -0.4 is 10.9 Å². The van der Waals surface area contributed by atoms with E-state index >= 15 is 0 Å². The van der Waals surface area contributed by atoms with Crippen LogP contribution in [0, 0.1) is 0 Å². The van der Waals surface area contributed by atoms with Gasteiger partial charge >= 0.3 is 0 Å². The molecule has 4 heteroatoms. The van der Waals surface area contributed by atoms with Gasteiger partial charge in [0.05, 0.1) is 10.9 Å². The van der Waals surface area contributed by atoms with Gasteiger partial charge in [-0.25, -0.2) is 4.98 Å². The highest BCUT2D eigenvalue weighted by Crippen LogP contribution is 2.31. The second kappa shape index (κ2) is 4.74. The van der Waals surface area contributed by atoms with E-state index in [-0.39, 0.29) is 5.56 Å². The van der Waals surface area contributed by atoms with Gasteiger partial charge in [0.1, 0.15) is 5.82 Å². The number of aromatic amines is 1. The number of para-hydroxylation sites is 2. The fourth-order valence-corrected chi connectivity index (χ4v) is 2.92. The van der Waals surface area contributed by atoms with Crippen LogP contribution in [0.3, 0.4) is 0 Å². The summed E-state index contributed by atoms with van der Waals surface area (Å²) >= 11 is 0. The molecule has 2 aromatic carbocycles. The normalized spacial score (nSPS) is 13.7. The summed E-state index contributed by atoms with van der Waals surface area (Å²) in [5.41, 5.74) is 3.99. The van der Waals surface area contributed by atoms with E-state index in [0.717, 1.165) is 36.2 Å². The fraction of sp³-hybridized carbons (Fsp3) is 0.176. The summed E-state index contributed by atoms with van der Waals surface area (Å²) in [6, 6.07) is 13.6. The predicted molar refractivity (Wildman–Crippen MR) is 84.6 cm³/mol. The van der Waals surface area contributed by atoms with E-state index < -0.39 is 0 Å². The molecule has 1 aromatic heterocycles. The van der Waals surface area contributed by atoms with E-state index in [1.165, 1.54) is 5.56 Å². The largest absolute Gasteiger partial charge is 0.384 e. The molecule has 1 aliphatic heterocycles. The fourth-order valence-electron chi connectivity index (χ4n) is 2.92. The molecule has 0 fully saturated rings. The van der Waals surface area contributed by atoms with Gasteiger partial charge in [0, 0.05) is 17.8 Å². The molecule has 0 atom stereocenters. The van der Waals surface area contributed by atoms with Crippen molar-refractivity contribution in [2.75, 3.05) is 11.9 Å². The summed E-state index contributed by atoms with van der Waals surface area (Å²) in [7, 11) is 0. The summed E-state index contributed by atoms with van der Waals surface area (Å²) in [5, 5.41) is 4.06. The molecular formula is C17H15N3O. The first-order valence-corrected chi connectivity index (χ1v) is 7.18. The number of H-pyrrole nitrogens is 1. The van der Waals surface area contributed by atoms with Gasteiger partial charge < -0.3 is 10.3 Å². The van der Waals surface area contributed by atoms with Crippen LogP contribution in [0.4, 0.5) is 5.69 Å². The summed E-state index contributed by atoms with van der Waals surface area (Å²) in [4.78, 5) is 19.8. The Morgan fingerprint density at radius 3 is 2.90 bits per heavy atom. The monoisotopic (exact) mass is 277 g/mol. The van der Waals surface area contributed by atoms with Gasteiger partial charge in [-0.05, 0) is 36.6 Å². The lowest BCUT2D eigenvalue weighted by molar-refractivity contribution is 0.830. The number of aryl methyl sites for hydroxylation is 1.